The average Bonchev–Trinajstić information content (AvgIpc) is 2.38. The van der Waals surface area contributed by atoms with Crippen LogP contribution < -0.4 is 10.5 Å². The Hall–Kier alpha value is -2.09. The summed E-state index contributed by atoms with van der Waals surface area (Å²) in [6, 6.07) is 4.53. The minimum absolute atomic E-state index is 0.101. The summed E-state index contributed by atoms with van der Waals surface area (Å²) in [4.78, 5) is 21.5. The number of carbonyl (C=O) groups is 2. The third-order valence-corrected chi connectivity index (χ3v) is 4.44. The van der Waals surface area contributed by atoms with Crippen LogP contribution in [0.25, 0.3) is 0 Å². The number of carboxylic acid groups (broad SMARTS) is 1. The number of carbonyl (C=O) groups excluding carboxylic acids is 1. The number of ether oxygens (including phenoxy) is 1. The summed E-state index contributed by atoms with van der Waals surface area (Å²) in [7, 11) is -3.43. The molecule has 0 bridgehead atoms. The zero-order valence-electron chi connectivity index (χ0n) is 11.5. The summed E-state index contributed by atoms with van der Waals surface area (Å²) in [5.41, 5.74) is 5.43. The fraction of sp³-hybridized carbons (Fsp3) is 0.385. The summed E-state index contributed by atoms with van der Waals surface area (Å²) in [5, 5.41) is 8.97. The molecule has 3 N–H and O–H groups in total. The van der Waals surface area contributed by atoms with Gasteiger partial charge >= 0.3 is 5.97 Å². The van der Waals surface area contributed by atoms with Gasteiger partial charge in [0.25, 0.3) is 0 Å². The van der Waals surface area contributed by atoms with Crippen molar-refractivity contribution in [2.24, 2.45) is 5.73 Å². The number of amides is 1. The Balaban J connectivity index is 2.63. The molecule has 21 heavy (non-hydrogen) atoms. The minimum atomic E-state index is -3.43. The number of hydrogen-bond donors (Lipinski definition) is 2. The Morgan fingerprint density at radius 2 is 1.95 bits per heavy atom. The quantitative estimate of drug-likeness (QED) is 0.714. The van der Waals surface area contributed by atoms with Crippen molar-refractivity contribution in [2.45, 2.75) is 13.3 Å². The van der Waals surface area contributed by atoms with Gasteiger partial charge in [0.05, 0.1) is 17.1 Å². The highest BCUT2D eigenvalue weighted by Crippen LogP contribution is 2.21. The summed E-state index contributed by atoms with van der Waals surface area (Å²) in [5.74, 6) is -2.02. The van der Waals surface area contributed by atoms with Crippen molar-refractivity contribution in [3.8, 4) is 5.75 Å². The predicted molar refractivity (Wildman–Crippen MR) is 76.1 cm³/mol. The van der Waals surface area contributed by atoms with Crippen LogP contribution in [0, 0.1) is 6.92 Å². The fourth-order valence-electron chi connectivity index (χ4n) is 1.64. The smallest absolute Gasteiger partial charge is 0.336 e. The second-order valence-corrected chi connectivity index (χ2v) is 6.75. The van der Waals surface area contributed by atoms with Crippen LogP contribution in [0.5, 0.6) is 5.75 Å². The molecule has 116 valence electrons. The van der Waals surface area contributed by atoms with E-state index >= 15 is 0 Å². The molecule has 1 amide bonds. The number of sulfone groups is 1. The first kappa shape index (κ1) is 17.0. The van der Waals surface area contributed by atoms with E-state index in [1.165, 1.54) is 12.1 Å². The van der Waals surface area contributed by atoms with E-state index in [2.05, 4.69) is 0 Å². The van der Waals surface area contributed by atoms with Crippen LogP contribution in [0.15, 0.2) is 18.2 Å². The summed E-state index contributed by atoms with van der Waals surface area (Å²) in [6.45, 7) is 1.46. The molecule has 0 spiro atoms. The van der Waals surface area contributed by atoms with Crippen molar-refractivity contribution in [3.63, 3.8) is 0 Å². The Morgan fingerprint density at radius 3 is 2.52 bits per heavy atom. The molecule has 0 aliphatic rings. The largest absolute Gasteiger partial charge is 0.492 e. The van der Waals surface area contributed by atoms with E-state index in [1.54, 1.807) is 13.0 Å². The lowest BCUT2D eigenvalue weighted by atomic mass is 10.1. The molecule has 0 atom stereocenters. The molecule has 0 aliphatic heterocycles. The lowest BCUT2D eigenvalue weighted by Gasteiger charge is -2.11. The highest BCUT2D eigenvalue weighted by Gasteiger charge is 2.14. The third-order valence-electron chi connectivity index (χ3n) is 2.83. The molecule has 8 heteroatoms. The van der Waals surface area contributed by atoms with E-state index in [1.807, 2.05) is 0 Å². The lowest BCUT2D eigenvalue weighted by Crippen LogP contribution is -2.22. The van der Waals surface area contributed by atoms with Gasteiger partial charge in [0.1, 0.15) is 12.4 Å². The van der Waals surface area contributed by atoms with E-state index < -0.39 is 21.7 Å². The van der Waals surface area contributed by atoms with E-state index in [-0.39, 0.29) is 30.1 Å². The van der Waals surface area contributed by atoms with Crippen LogP contribution in [0.2, 0.25) is 0 Å². The Labute approximate surface area is 122 Å². The zero-order chi connectivity index (χ0) is 16.0. The van der Waals surface area contributed by atoms with E-state index in [0.717, 1.165) is 0 Å². The molecule has 0 aliphatic carbocycles. The van der Waals surface area contributed by atoms with Gasteiger partial charge in [0.2, 0.25) is 5.91 Å². The van der Waals surface area contributed by atoms with Crippen molar-refractivity contribution < 1.29 is 27.9 Å². The highest BCUT2D eigenvalue weighted by molar-refractivity contribution is 7.91. The molecule has 1 aromatic carbocycles. The summed E-state index contributed by atoms with van der Waals surface area (Å²) < 4.78 is 28.5. The van der Waals surface area contributed by atoms with E-state index in [9.17, 15) is 18.0 Å². The van der Waals surface area contributed by atoms with Crippen molar-refractivity contribution in [1.82, 2.24) is 0 Å². The molecule has 7 nitrogen and oxygen atoms in total. The van der Waals surface area contributed by atoms with Gasteiger partial charge in [-0.3, -0.25) is 4.79 Å². The zero-order valence-corrected chi connectivity index (χ0v) is 12.4. The van der Waals surface area contributed by atoms with Crippen LogP contribution in [-0.2, 0) is 14.6 Å². The Bertz CT molecular complexity index is 638. The van der Waals surface area contributed by atoms with Gasteiger partial charge in [-0.15, -0.1) is 0 Å². The van der Waals surface area contributed by atoms with Gasteiger partial charge in [-0.2, -0.15) is 0 Å². The van der Waals surface area contributed by atoms with Crippen LogP contribution in [0.3, 0.4) is 0 Å². The molecule has 1 aromatic rings. The topological polar surface area (TPSA) is 124 Å². The summed E-state index contributed by atoms with van der Waals surface area (Å²) >= 11 is 0. The number of benzene rings is 1. The maximum absolute atomic E-state index is 11.6. The number of nitrogens with two attached hydrogens (primary N) is 1. The lowest BCUT2D eigenvalue weighted by molar-refractivity contribution is -0.117. The fourth-order valence-corrected chi connectivity index (χ4v) is 2.69. The van der Waals surface area contributed by atoms with Crippen molar-refractivity contribution in [3.05, 3.63) is 29.3 Å². The average molecular weight is 315 g/mol. The number of aromatic carboxylic acids is 1. The Kier molecular flexibility index (Phi) is 5.71. The van der Waals surface area contributed by atoms with Crippen molar-refractivity contribution >= 4 is 21.7 Å². The first-order chi connectivity index (χ1) is 9.73. The van der Waals surface area contributed by atoms with E-state index in [4.69, 9.17) is 15.6 Å². The molecule has 0 radical (unpaired) electrons. The Morgan fingerprint density at radius 1 is 1.29 bits per heavy atom. The van der Waals surface area contributed by atoms with Crippen LogP contribution in [0.1, 0.15) is 22.3 Å². The molecule has 0 fully saturated rings. The molecule has 1 rings (SSSR count). The highest BCUT2D eigenvalue weighted by atomic mass is 32.2. The molecular formula is C13H17NO6S. The number of rotatable bonds is 8. The van der Waals surface area contributed by atoms with Crippen LogP contribution >= 0.6 is 0 Å². The predicted octanol–water partition coefficient (Wildman–Crippen LogP) is 0.362. The van der Waals surface area contributed by atoms with Gasteiger partial charge in [-0.25, -0.2) is 13.2 Å². The maximum Gasteiger partial charge on any atom is 0.336 e. The van der Waals surface area contributed by atoms with Gasteiger partial charge in [0.15, 0.2) is 9.84 Å². The summed E-state index contributed by atoms with van der Waals surface area (Å²) in [6.07, 6.45) is -0.226. The molecule has 0 saturated heterocycles. The molecule has 0 unspecified atom stereocenters. The molecule has 0 aromatic heterocycles. The van der Waals surface area contributed by atoms with Gasteiger partial charge < -0.3 is 15.6 Å². The first-order valence-corrected chi connectivity index (χ1v) is 7.99. The monoisotopic (exact) mass is 315 g/mol. The van der Waals surface area contributed by atoms with Gasteiger partial charge in [0, 0.05) is 12.0 Å². The molecule has 0 heterocycles. The third kappa shape index (κ3) is 5.42. The molecule has 0 saturated carbocycles. The van der Waals surface area contributed by atoms with E-state index in [0.29, 0.717) is 11.3 Å². The maximum atomic E-state index is 11.6. The minimum Gasteiger partial charge on any atom is -0.492 e. The second-order valence-electron chi connectivity index (χ2n) is 4.45. The molecular weight excluding hydrogens is 298 g/mol. The van der Waals surface area contributed by atoms with Crippen molar-refractivity contribution in [2.75, 3.05) is 18.1 Å². The van der Waals surface area contributed by atoms with Gasteiger partial charge in [-0.05, 0) is 19.1 Å². The number of primary amides is 1. The normalized spacial score (nSPS) is 11.1. The number of hydrogen-bond acceptors (Lipinski definition) is 5. The second kappa shape index (κ2) is 7.07. The number of carboxylic acids is 1. The first-order valence-electron chi connectivity index (χ1n) is 6.17. The van der Waals surface area contributed by atoms with Crippen LogP contribution in [-0.4, -0.2) is 43.5 Å². The van der Waals surface area contributed by atoms with Crippen molar-refractivity contribution in [1.29, 1.82) is 0 Å². The SMILES string of the molecule is Cc1c(OCCS(=O)(=O)CCC(N)=O)cccc1C(=O)O. The standard InChI is InChI=1S/C13H17NO6S/c1-9-10(13(16)17)3-2-4-11(9)20-6-8-21(18,19)7-5-12(14)15/h2-4H,5-8H2,1H3,(H2,14,15)(H,16,17). The van der Waals surface area contributed by atoms with Gasteiger partial charge in [-0.1, -0.05) is 6.07 Å². The van der Waals surface area contributed by atoms with Crippen LogP contribution in [0.4, 0.5) is 0 Å².